The zero-order chi connectivity index (χ0) is 26.4. The first kappa shape index (κ1) is 25.8. The smallest absolute Gasteiger partial charge is 0.269 e. The number of non-ortho nitro benzene ring substituents is 1. The molecule has 0 saturated carbocycles. The van der Waals surface area contributed by atoms with E-state index in [-0.39, 0.29) is 31.0 Å². The number of ether oxygens (including phenoxy) is 1. The molecule has 5 rings (SSSR count). The van der Waals surface area contributed by atoms with Crippen LogP contribution >= 0.6 is 0 Å². The van der Waals surface area contributed by atoms with Crippen LogP contribution in [0.15, 0.2) is 115 Å². The van der Waals surface area contributed by atoms with Gasteiger partial charge in [0.25, 0.3) is 5.69 Å². The molecule has 1 aliphatic heterocycles. The second kappa shape index (κ2) is 11.7. The molecule has 1 heterocycles. The van der Waals surface area contributed by atoms with E-state index < -0.39 is 10.5 Å². The lowest BCUT2D eigenvalue weighted by Crippen LogP contribution is -2.38. The number of rotatable bonds is 10. The molecule has 2 atom stereocenters. The lowest BCUT2D eigenvalue weighted by atomic mass is 9.80. The highest BCUT2D eigenvalue weighted by Crippen LogP contribution is 2.43. The van der Waals surface area contributed by atoms with Crippen LogP contribution in [0.2, 0.25) is 0 Å². The fraction of sp³-hybridized carbons (Fsp3) is 0.226. The standard InChI is InChI=1S/C31H30N2O5/c34-22-29-20-30(21-32(29)37-23-24-16-18-28(19-17-24)33(35)36)38-31(25-10-4-1-5-11-25,26-12-6-2-7-13-26)27-14-8-3-9-15-27/h1-19,29-30,34H,20-23H2. The second-order valence-electron chi connectivity index (χ2n) is 9.39. The molecule has 2 unspecified atom stereocenters. The Hall–Kier alpha value is -3.88. The van der Waals surface area contributed by atoms with E-state index >= 15 is 0 Å². The van der Waals surface area contributed by atoms with E-state index in [9.17, 15) is 15.2 Å². The van der Waals surface area contributed by atoms with Crippen LogP contribution in [0.3, 0.4) is 0 Å². The van der Waals surface area contributed by atoms with Gasteiger partial charge in [-0.1, -0.05) is 91.0 Å². The Morgan fingerprint density at radius 3 is 1.76 bits per heavy atom. The van der Waals surface area contributed by atoms with Gasteiger partial charge in [-0.15, -0.1) is 0 Å². The van der Waals surface area contributed by atoms with E-state index in [0.29, 0.717) is 13.0 Å². The maximum absolute atomic E-state index is 10.9. The largest absolute Gasteiger partial charge is 0.395 e. The zero-order valence-electron chi connectivity index (χ0n) is 20.9. The highest BCUT2D eigenvalue weighted by Gasteiger charge is 2.43. The molecule has 7 nitrogen and oxygen atoms in total. The lowest BCUT2D eigenvalue weighted by molar-refractivity contribution is -0.384. The summed E-state index contributed by atoms with van der Waals surface area (Å²) in [5.41, 5.74) is 3.04. The third kappa shape index (κ3) is 5.37. The Morgan fingerprint density at radius 1 is 0.816 bits per heavy atom. The van der Waals surface area contributed by atoms with Crippen LogP contribution in [0.1, 0.15) is 28.7 Å². The van der Waals surface area contributed by atoms with Crippen molar-refractivity contribution in [2.45, 2.75) is 30.8 Å². The summed E-state index contributed by atoms with van der Waals surface area (Å²) in [7, 11) is 0. The van der Waals surface area contributed by atoms with Crippen molar-refractivity contribution < 1.29 is 19.6 Å². The van der Waals surface area contributed by atoms with Gasteiger partial charge in [-0.25, -0.2) is 0 Å². The van der Waals surface area contributed by atoms with Crippen molar-refractivity contribution in [1.29, 1.82) is 0 Å². The van der Waals surface area contributed by atoms with Crippen molar-refractivity contribution in [2.24, 2.45) is 0 Å². The molecule has 0 spiro atoms. The number of aliphatic hydroxyl groups is 1. The van der Waals surface area contributed by atoms with Crippen LogP contribution in [0.4, 0.5) is 5.69 Å². The third-order valence-electron chi connectivity index (χ3n) is 6.97. The van der Waals surface area contributed by atoms with E-state index in [1.54, 1.807) is 17.2 Å². The Morgan fingerprint density at radius 2 is 1.32 bits per heavy atom. The van der Waals surface area contributed by atoms with Gasteiger partial charge >= 0.3 is 0 Å². The molecule has 4 aromatic rings. The van der Waals surface area contributed by atoms with Crippen LogP contribution in [0.5, 0.6) is 0 Å². The van der Waals surface area contributed by atoms with Gasteiger partial charge in [-0.3, -0.25) is 15.0 Å². The summed E-state index contributed by atoms with van der Waals surface area (Å²) in [6, 6.07) is 36.7. The van der Waals surface area contributed by atoms with Crippen molar-refractivity contribution in [1.82, 2.24) is 5.06 Å². The first-order valence-corrected chi connectivity index (χ1v) is 12.7. The van der Waals surface area contributed by atoms with Gasteiger partial charge in [0.1, 0.15) is 5.60 Å². The molecule has 1 aliphatic rings. The minimum Gasteiger partial charge on any atom is -0.395 e. The van der Waals surface area contributed by atoms with Crippen LogP contribution in [-0.4, -0.2) is 40.4 Å². The van der Waals surface area contributed by atoms with Gasteiger partial charge in [-0.2, -0.15) is 5.06 Å². The second-order valence-corrected chi connectivity index (χ2v) is 9.39. The summed E-state index contributed by atoms with van der Waals surface area (Å²) in [5, 5.41) is 22.9. The highest BCUT2D eigenvalue weighted by atomic mass is 16.7. The molecule has 194 valence electrons. The third-order valence-corrected chi connectivity index (χ3v) is 6.97. The molecule has 0 radical (unpaired) electrons. The molecule has 4 aromatic carbocycles. The first-order chi connectivity index (χ1) is 18.6. The quantitative estimate of drug-likeness (QED) is 0.173. The van der Waals surface area contributed by atoms with E-state index in [4.69, 9.17) is 9.57 Å². The average Bonchev–Trinajstić information content (AvgIpc) is 3.38. The molecule has 0 bridgehead atoms. The van der Waals surface area contributed by atoms with Gasteiger partial charge < -0.3 is 9.84 Å². The van der Waals surface area contributed by atoms with Gasteiger partial charge in [0.05, 0.1) is 36.8 Å². The summed E-state index contributed by atoms with van der Waals surface area (Å²) in [4.78, 5) is 16.6. The number of aliphatic hydroxyl groups excluding tert-OH is 1. The molecule has 38 heavy (non-hydrogen) atoms. The van der Waals surface area contributed by atoms with Crippen molar-refractivity contribution in [3.05, 3.63) is 148 Å². The fourth-order valence-corrected chi connectivity index (χ4v) is 5.10. The maximum atomic E-state index is 10.9. The summed E-state index contributed by atoms with van der Waals surface area (Å²) in [6.07, 6.45) is 0.356. The number of nitro groups is 1. The Balaban J connectivity index is 1.43. The van der Waals surface area contributed by atoms with Gasteiger partial charge in [0.15, 0.2) is 0 Å². The van der Waals surface area contributed by atoms with Gasteiger partial charge in [0.2, 0.25) is 0 Å². The summed E-state index contributed by atoms with van der Waals surface area (Å²) in [6.45, 7) is 0.629. The fourth-order valence-electron chi connectivity index (χ4n) is 5.10. The van der Waals surface area contributed by atoms with Gasteiger partial charge in [-0.05, 0) is 40.8 Å². The monoisotopic (exact) mass is 510 g/mol. The molecule has 0 aliphatic carbocycles. The van der Waals surface area contributed by atoms with E-state index in [1.165, 1.54) is 12.1 Å². The van der Waals surface area contributed by atoms with Gasteiger partial charge in [0, 0.05) is 12.1 Å². The van der Waals surface area contributed by atoms with Crippen molar-refractivity contribution in [3.8, 4) is 0 Å². The topological polar surface area (TPSA) is 85.1 Å². The Labute approximate surface area is 222 Å². The predicted octanol–water partition coefficient (Wildman–Crippen LogP) is 5.47. The SMILES string of the molecule is O=[N+]([O-])c1ccc(CON2CC(OC(c3ccccc3)(c3ccccc3)c3ccccc3)CC2CO)cc1. The zero-order valence-corrected chi connectivity index (χ0v) is 20.9. The van der Waals surface area contributed by atoms with Crippen molar-refractivity contribution in [3.63, 3.8) is 0 Å². The molecule has 1 fully saturated rings. The summed E-state index contributed by atoms with van der Waals surface area (Å²) >= 11 is 0. The summed E-state index contributed by atoms with van der Waals surface area (Å²) in [5.74, 6) is 0. The number of benzene rings is 4. The molecule has 0 amide bonds. The Bertz CT molecular complexity index is 1220. The number of hydrogen-bond donors (Lipinski definition) is 1. The molecule has 1 saturated heterocycles. The number of hydroxylamine groups is 2. The molecular formula is C31H30N2O5. The highest BCUT2D eigenvalue weighted by molar-refractivity contribution is 5.47. The summed E-state index contributed by atoms with van der Waals surface area (Å²) < 4.78 is 7.11. The van der Waals surface area contributed by atoms with Crippen LogP contribution in [0, 0.1) is 10.1 Å². The minimum atomic E-state index is -0.858. The van der Waals surface area contributed by atoms with Crippen molar-refractivity contribution in [2.75, 3.05) is 13.2 Å². The molecular weight excluding hydrogens is 480 g/mol. The number of hydrogen-bond acceptors (Lipinski definition) is 6. The van der Waals surface area contributed by atoms with Crippen LogP contribution < -0.4 is 0 Å². The van der Waals surface area contributed by atoms with Crippen LogP contribution in [-0.2, 0) is 21.8 Å². The van der Waals surface area contributed by atoms with Crippen molar-refractivity contribution >= 4 is 5.69 Å². The molecule has 7 heteroatoms. The van der Waals surface area contributed by atoms with E-state index in [1.807, 2.05) is 54.6 Å². The normalized spacial score (nSPS) is 17.9. The Kier molecular flexibility index (Phi) is 7.91. The average molecular weight is 511 g/mol. The first-order valence-electron chi connectivity index (χ1n) is 12.7. The molecule has 1 N–H and O–H groups in total. The minimum absolute atomic E-state index is 0.0377. The van der Waals surface area contributed by atoms with E-state index in [0.717, 1.165) is 22.3 Å². The number of nitro benzene ring substituents is 1. The predicted molar refractivity (Wildman–Crippen MR) is 144 cm³/mol. The lowest BCUT2D eigenvalue weighted by Gasteiger charge is -2.38. The maximum Gasteiger partial charge on any atom is 0.269 e. The van der Waals surface area contributed by atoms with Crippen LogP contribution in [0.25, 0.3) is 0 Å². The molecule has 0 aromatic heterocycles. The number of nitrogens with zero attached hydrogens (tertiary/aromatic N) is 2. The van der Waals surface area contributed by atoms with E-state index in [2.05, 4.69) is 36.4 Å².